The zero-order valence-corrected chi connectivity index (χ0v) is 17.8. The molecule has 4 heterocycles. The van der Waals surface area contributed by atoms with Gasteiger partial charge in [-0.15, -0.1) is 5.10 Å². The zero-order valence-electron chi connectivity index (χ0n) is 15.5. The Hall–Kier alpha value is -2.59. The summed E-state index contributed by atoms with van der Waals surface area (Å²) in [5.74, 6) is 0.0891. The Morgan fingerprint density at radius 2 is 2.10 bits per heavy atom. The largest absolute Gasteiger partial charge is 0.434 e. The Labute approximate surface area is 179 Å². The van der Waals surface area contributed by atoms with Crippen molar-refractivity contribution in [2.75, 3.05) is 18.0 Å². The number of aromatic amines is 2. The number of amides is 1. The fourth-order valence-corrected chi connectivity index (χ4v) is 3.83. The molecule has 0 aromatic carbocycles. The molecule has 0 radical (unpaired) electrons. The van der Waals surface area contributed by atoms with Crippen molar-refractivity contribution in [3.05, 3.63) is 49.8 Å². The van der Waals surface area contributed by atoms with Crippen molar-refractivity contribution < 1.29 is 9.21 Å². The van der Waals surface area contributed by atoms with Crippen LogP contribution in [0.15, 0.2) is 31.9 Å². The standard InChI is InChI=1S/C18H18BrClN6O3/c1-9-12(19)8-13(21-9)16(27)22-11-2-4-26(5-3-11)15-7-10(6-14(20)23-15)17-24-25-18(28)29-17/h6-8,11,21H,2-5H2,1H3,(H,22,27)(H,25,28). The van der Waals surface area contributed by atoms with Gasteiger partial charge in [-0.2, -0.15) is 0 Å². The molecule has 152 valence electrons. The maximum Gasteiger partial charge on any atom is 0.434 e. The van der Waals surface area contributed by atoms with E-state index in [1.807, 2.05) is 6.92 Å². The number of halogens is 2. The molecule has 0 atom stereocenters. The lowest BCUT2D eigenvalue weighted by molar-refractivity contribution is 0.0926. The molecule has 29 heavy (non-hydrogen) atoms. The van der Waals surface area contributed by atoms with E-state index in [2.05, 4.69) is 46.3 Å². The van der Waals surface area contributed by atoms with E-state index in [-0.39, 0.29) is 23.0 Å². The van der Waals surface area contributed by atoms with Gasteiger partial charge in [0.25, 0.3) is 5.91 Å². The van der Waals surface area contributed by atoms with Crippen molar-refractivity contribution in [1.29, 1.82) is 0 Å². The zero-order chi connectivity index (χ0) is 20.5. The first-order valence-corrected chi connectivity index (χ1v) is 10.2. The smallest absolute Gasteiger partial charge is 0.388 e. The van der Waals surface area contributed by atoms with E-state index in [9.17, 15) is 9.59 Å². The van der Waals surface area contributed by atoms with Gasteiger partial charge in [-0.1, -0.05) is 11.6 Å². The molecular weight excluding hydrogens is 464 g/mol. The lowest BCUT2D eigenvalue weighted by atomic mass is 10.0. The molecule has 1 fully saturated rings. The number of H-pyrrole nitrogens is 2. The Morgan fingerprint density at radius 1 is 1.34 bits per heavy atom. The van der Waals surface area contributed by atoms with Gasteiger partial charge >= 0.3 is 5.76 Å². The number of pyridine rings is 1. The number of aryl methyl sites for hydroxylation is 1. The fraction of sp³-hybridized carbons (Fsp3) is 0.333. The normalized spacial score (nSPS) is 14.9. The monoisotopic (exact) mass is 480 g/mol. The van der Waals surface area contributed by atoms with Gasteiger partial charge in [-0.3, -0.25) is 4.79 Å². The summed E-state index contributed by atoms with van der Waals surface area (Å²) in [6.45, 7) is 3.31. The molecule has 0 saturated carbocycles. The second-order valence-corrected chi connectivity index (χ2v) is 8.09. The van der Waals surface area contributed by atoms with Crippen LogP contribution in [0.5, 0.6) is 0 Å². The van der Waals surface area contributed by atoms with Crippen LogP contribution < -0.4 is 16.0 Å². The number of piperidine rings is 1. The fourth-order valence-electron chi connectivity index (χ4n) is 3.29. The molecule has 0 aliphatic carbocycles. The van der Waals surface area contributed by atoms with Gasteiger partial charge in [-0.25, -0.2) is 14.9 Å². The van der Waals surface area contributed by atoms with Crippen molar-refractivity contribution in [3.63, 3.8) is 0 Å². The van der Waals surface area contributed by atoms with Crippen LogP contribution in [-0.4, -0.2) is 45.2 Å². The second kappa shape index (κ2) is 8.03. The number of aromatic nitrogens is 4. The summed E-state index contributed by atoms with van der Waals surface area (Å²) in [6, 6.07) is 5.23. The predicted octanol–water partition coefficient (Wildman–Crippen LogP) is 2.88. The van der Waals surface area contributed by atoms with Gasteiger partial charge in [0, 0.05) is 34.9 Å². The van der Waals surface area contributed by atoms with E-state index in [1.54, 1.807) is 18.2 Å². The number of nitrogens with one attached hydrogen (secondary N) is 3. The Kier molecular flexibility index (Phi) is 5.46. The molecule has 9 nitrogen and oxygen atoms in total. The topological polar surface area (TPSA) is 120 Å². The van der Waals surface area contributed by atoms with Crippen molar-refractivity contribution in [2.45, 2.75) is 25.8 Å². The molecular formula is C18H18BrClN6O3. The number of carbonyl (C=O) groups is 1. The lowest BCUT2D eigenvalue weighted by Gasteiger charge is -2.33. The number of carbonyl (C=O) groups excluding carboxylic acids is 1. The maximum absolute atomic E-state index is 12.4. The highest BCUT2D eigenvalue weighted by Crippen LogP contribution is 2.26. The van der Waals surface area contributed by atoms with E-state index in [0.29, 0.717) is 30.2 Å². The molecule has 3 aromatic rings. The molecule has 3 N–H and O–H groups in total. The van der Waals surface area contributed by atoms with Crippen LogP contribution in [0.3, 0.4) is 0 Å². The summed E-state index contributed by atoms with van der Waals surface area (Å²) in [5, 5.41) is 9.42. The van der Waals surface area contributed by atoms with Gasteiger partial charge in [0.05, 0.1) is 0 Å². The van der Waals surface area contributed by atoms with Crippen molar-refractivity contribution in [3.8, 4) is 11.5 Å². The minimum atomic E-state index is -0.629. The molecule has 0 bridgehead atoms. The number of anilines is 1. The molecule has 1 aliphatic rings. The first-order chi connectivity index (χ1) is 13.9. The Balaban J connectivity index is 1.41. The molecule has 0 spiro atoms. The first kappa shape index (κ1) is 19.7. The summed E-state index contributed by atoms with van der Waals surface area (Å²) in [5.41, 5.74) is 2.03. The van der Waals surface area contributed by atoms with Gasteiger partial charge in [0.15, 0.2) is 0 Å². The van der Waals surface area contributed by atoms with Crippen molar-refractivity contribution in [2.24, 2.45) is 0 Å². The highest BCUT2D eigenvalue weighted by atomic mass is 79.9. The summed E-state index contributed by atoms with van der Waals surface area (Å²) in [4.78, 5) is 33.1. The molecule has 11 heteroatoms. The van der Waals surface area contributed by atoms with Crippen molar-refractivity contribution >= 4 is 39.3 Å². The number of nitrogens with zero attached hydrogens (tertiary/aromatic N) is 3. The van der Waals surface area contributed by atoms with E-state index in [4.69, 9.17) is 16.0 Å². The Bertz CT molecular complexity index is 1080. The van der Waals surface area contributed by atoms with Gasteiger partial charge < -0.3 is 19.6 Å². The van der Waals surface area contributed by atoms with E-state index >= 15 is 0 Å². The average Bonchev–Trinajstić information content (AvgIpc) is 3.27. The quantitative estimate of drug-likeness (QED) is 0.493. The van der Waals surface area contributed by atoms with Gasteiger partial charge in [-0.05, 0) is 53.9 Å². The predicted molar refractivity (Wildman–Crippen MR) is 111 cm³/mol. The van der Waals surface area contributed by atoms with Crippen LogP contribution in [-0.2, 0) is 0 Å². The van der Waals surface area contributed by atoms with Crippen LogP contribution in [0.4, 0.5) is 5.82 Å². The van der Waals surface area contributed by atoms with E-state index < -0.39 is 5.76 Å². The van der Waals surface area contributed by atoms with Crippen LogP contribution in [0.2, 0.25) is 5.15 Å². The number of hydrogen-bond donors (Lipinski definition) is 3. The summed E-state index contributed by atoms with van der Waals surface area (Å²) in [6.07, 6.45) is 1.54. The van der Waals surface area contributed by atoms with Crippen molar-refractivity contribution in [1.82, 2.24) is 25.5 Å². The summed E-state index contributed by atoms with van der Waals surface area (Å²) >= 11 is 9.55. The third-order valence-electron chi connectivity index (χ3n) is 4.82. The molecule has 1 saturated heterocycles. The molecule has 1 aliphatic heterocycles. The lowest BCUT2D eigenvalue weighted by Crippen LogP contribution is -2.45. The third-order valence-corrected chi connectivity index (χ3v) is 5.83. The van der Waals surface area contributed by atoms with E-state index in [0.717, 1.165) is 23.0 Å². The SMILES string of the molecule is Cc1[nH]c(C(=O)NC2CCN(c3cc(-c4n[nH]c(=O)o4)cc(Cl)n3)CC2)cc1Br. The van der Waals surface area contributed by atoms with Crippen LogP contribution in [0.1, 0.15) is 29.0 Å². The summed E-state index contributed by atoms with van der Waals surface area (Å²) < 4.78 is 5.88. The number of hydrogen-bond acceptors (Lipinski definition) is 6. The minimum Gasteiger partial charge on any atom is -0.388 e. The maximum atomic E-state index is 12.4. The van der Waals surface area contributed by atoms with Gasteiger partial charge in [0.1, 0.15) is 16.7 Å². The van der Waals surface area contributed by atoms with Crippen LogP contribution >= 0.6 is 27.5 Å². The van der Waals surface area contributed by atoms with Gasteiger partial charge in [0.2, 0.25) is 5.89 Å². The highest BCUT2D eigenvalue weighted by molar-refractivity contribution is 9.10. The van der Waals surface area contributed by atoms with Crippen LogP contribution in [0.25, 0.3) is 11.5 Å². The third kappa shape index (κ3) is 4.38. The molecule has 0 unspecified atom stereocenters. The second-order valence-electron chi connectivity index (χ2n) is 6.85. The first-order valence-electron chi connectivity index (χ1n) is 9.03. The van der Waals surface area contributed by atoms with E-state index in [1.165, 1.54) is 0 Å². The Morgan fingerprint density at radius 3 is 2.72 bits per heavy atom. The average molecular weight is 482 g/mol. The number of rotatable bonds is 4. The van der Waals surface area contributed by atoms with Crippen LogP contribution in [0, 0.1) is 6.92 Å². The minimum absolute atomic E-state index is 0.0733. The molecule has 1 amide bonds. The molecule has 3 aromatic heterocycles. The highest BCUT2D eigenvalue weighted by Gasteiger charge is 2.23. The summed E-state index contributed by atoms with van der Waals surface area (Å²) in [7, 11) is 0. The molecule has 4 rings (SSSR count).